The van der Waals surface area contributed by atoms with E-state index in [2.05, 4.69) is 4.98 Å². The van der Waals surface area contributed by atoms with Crippen molar-refractivity contribution >= 4 is 11.3 Å². The predicted octanol–water partition coefficient (Wildman–Crippen LogP) is 2.20. The van der Waals surface area contributed by atoms with E-state index in [-0.39, 0.29) is 11.8 Å². The van der Waals surface area contributed by atoms with Gasteiger partial charge in [-0.1, -0.05) is 0 Å². The second kappa shape index (κ2) is 6.23. The molecule has 1 aliphatic carbocycles. The Morgan fingerprint density at radius 2 is 2.28 bits per heavy atom. The molecule has 2 aromatic heterocycles. The SMILES string of the molecule is O=c1nccc2n1CCc1c-2sc(C2CC2)c1OCC1COCCO1. The van der Waals surface area contributed by atoms with Gasteiger partial charge >= 0.3 is 5.69 Å². The van der Waals surface area contributed by atoms with Gasteiger partial charge in [0.15, 0.2) is 0 Å². The summed E-state index contributed by atoms with van der Waals surface area (Å²) < 4.78 is 19.2. The van der Waals surface area contributed by atoms with Crippen LogP contribution < -0.4 is 10.4 Å². The fourth-order valence-corrected chi connectivity index (χ4v) is 5.06. The Morgan fingerprint density at radius 3 is 3.08 bits per heavy atom. The highest BCUT2D eigenvalue weighted by molar-refractivity contribution is 7.16. The van der Waals surface area contributed by atoms with Gasteiger partial charge in [0.05, 0.1) is 35.3 Å². The smallest absolute Gasteiger partial charge is 0.348 e. The summed E-state index contributed by atoms with van der Waals surface area (Å²) in [4.78, 5) is 18.4. The maximum absolute atomic E-state index is 12.0. The molecule has 25 heavy (non-hydrogen) atoms. The summed E-state index contributed by atoms with van der Waals surface area (Å²) in [6.07, 6.45) is 4.87. The minimum Gasteiger partial charge on any atom is -0.489 e. The zero-order chi connectivity index (χ0) is 16.8. The van der Waals surface area contributed by atoms with Crippen LogP contribution in [0.5, 0.6) is 5.75 Å². The summed E-state index contributed by atoms with van der Waals surface area (Å²) in [6, 6.07) is 1.94. The van der Waals surface area contributed by atoms with Gasteiger partial charge in [0.2, 0.25) is 0 Å². The second-order valence-corrected chi connectivity index (χ2v) is 7.82. The van der Waals surface area contributed by atoms with E-state index in [0.717, 1.165) is 17.9 Å². The van der Waals surface area contributed by atoms with Crippen molar-refractivity contribution in [2.45, 2.75) is 37.8 Å². The summed E-state index contributed by atoms with van der Waals surface area (Å²) in [5.74, 6) is 1.64. The first-order valence-corrected chi connectivity index (χ1v) is 9.67. The Labute approximate surface area is 149 Å². The van der Waals surface area contributed by atoms with Crippen molar-refractivity contribution in [1.82, 2.24) is 9.55 Å². The van der Waals surface area contributed by atoms with E-state index in [1.165, 1.54) is 28.2 Å². The van der Waals surface area contributed by atoms with Crippen LogP contribution in [-0.2, 0) is 22.4 Å². The maximum atomic E-state index is 12.0. The summed E-state index contributed by atoms with van der Waals surface area (Å²) >= 11 is 1.79. The number of aromatic nitrogens is 2. The molecule has 1 unspecified atom stereocenters. The molecule has 4 heterocycles. The van der Waals surface area contributed by atoms with Crippen molar-refractivity contribution in [3.63, 3.8) is 0 Å². The molecule has 1 saturated carbocycles. The Morgan fingerprint density at radius 1 is 1.36 bits per heavy atom. The van der Waals surface area contributed by atoms with E-state index in [4.69, 9.17) is 14.2 Å². The lowest BCUT2D eigenvalue weighted by molar-refractivity contribution is -0.101. The van der Waals surface area contributed by atoms with Gasteiger partial charge in [-0.25, -0.2) is 9.78 Å². The summed E-state index contributed by atoms with van der Waals surface area (Å²) in [6.45, 7) is 3.07. The van der Waals surface area contributed by atoms with Gasteiger partial charge < -0.3 is 14.2 Å². The topological polar surface area (TPSA) is 62.6 Å². The van der Waals surface area contributed by atoms with Crippen LogP contribution in [0, 0.1) is 0 Å². The monoisotopic (exact) mass is 360 g/mol. The molecule has 7 heteroatoms. The van der Waals surface area contributed by atoms with Gasteiger partial charge in [0.1, 0.15) is 18.5 Å². The number of thiophene rings is 1. The van der Waals surface area contributed by atoms with Gasteiger partial charge in [-0.3, -0.25) is 4.57 Å². The van der Waals surface area contributed by atoms with Crippen LogP contribution >= 0.6 is 11.3 Å². The van der Waals surface area contributed by atoms with Crippen molar-refractivity contribution in [2.24, 2.45) is 0 Å². The van der Waals surface area contributed by atoms with Gasteiger partial charge in [-0.05, 0) is 31.2 Å². The van der Waals surface area contributed by atoms with Crippen molar-refractivity contribution in [1.29, 1.82) is 0 Å². The first-order valence-electron chi connectivity index (χ1n) is 8.85. The van der Waals surface area contributed by atoms with E-state index in [1.807, 2.05) is 6.07 Å². The third kappa shape index (κ3) is 2.80. The Balaban J connectivity index is 1.50. The van der Waals surface area contributed by atoms with Gasteiger partial charge in [0.25, 0.3) is 0 Å². The van der Waals surface area contributed by atoms with Crippen LogP contribution in [0.25, 0.3) is 10.6 Å². The highest BCUT2D eigenvalue weighted by atomic mass is 32.1. The minimum absolute atomic E-state index is 0.000880. The van der Waals surface area contributed by atoms with Gasteiger partial charge in [-0.2, -0.15) is 0 Å². The highest BCUT2D eigenvalue weighted by Gasteiger charge is 2.34. The van der Waals surface area contributed by atoms with Crippen LogP contribution in [0.3, 0.4) is 0 Å². The van der Waals surface area contributed by atoms with Crippen LogP contribution in [0.1, 0.15) is 29.2 Å². The zero-order valence-electron chi connectivity index (χ0n) is 13.9. The van der Waals surface area contributed by atoms with Crippen molar-refractivity contribution in [3.05, 3.63) is 33.2 Å². The molecule has 2 fully saturated rings. The zero-order valence-corrected chi connectivity index (χ0v) is 14.7. The third-order valence-electron chi connectivity index (χ3n) is 4.99. The average molecular weight is 360 g/mol. The second-order valence-electron chi connectivity index (χ2n) is 6.77. The van der Waals surface area contributed by atoms with Gasteiger partial charge in [-0.15, -0.1) is 11.3 Å². The molecule has 6 nitrogen and oxygen atoms in total. The average Bonchev–Trinajstić information content (AvgIpc) is 3.42. The lowest BCUT2D eigenvalue weighted by Crippen LogP contribution is -2.33. The number of nitrogens with zero attached hydrogens (tertiary/aromatic N) is 2. The van der Waals surface area contributed by atoms with Crippen LogP contribution in [0.2, 0.25) is 0 Å². The van der Waals surface area contributed by atoms with E-state index in [9.17, 15) is 4.79 Å². The molecule has 1 atom stereocenters. The number of hydrogen-bond donors (Lipinski definition) is 0. The number of fused-ring (bicyclic) bond motifs is 3. The summed E-state index contributed by atoms with van der Waals surface area (Å²) in [5.41, 5.74) is 2.05. The van der Waals surface area contributed by atoms with Crippen molar-refractivity contribution < 1.29 is 14.2 Å². The van der Waals surface area contributed by atoms with E-state index < -0.39 is 0 Å². The molecular formula is C18H20N2O4S. The van der Waals surface area contributed by atoms with E-state index >= 15 is 0 Å². The van der Waals surface area contributed by atoms with Gasteiger partial charge in [0, 0.05) is 18.3 Å². The lowest BCUT2D eigenvalue weighted by atomic mass is 10.0. The fraction of sp³-hybridized carbons (Fsp3) is 0.556. The van der Waals surface area contributed by atoms with Crippen LogP contribution in [-0.4, -0.2) is 42.1 Å². The molecule has 5 rings (SSSR count). The van der Waals surface area contributed by atoms with Crippen LogP contribution in [0.15, 0.2) is 17.1 Å². The quantitative estimate of drug-likeness (QED) is 0.836. The first kappa shape index (κ1) is 15.5. The molecule has 0 radical (unpaired) electrons. The molecule has 1 saturated heterocycles. The van der Waals surface area contributed by atoms with Crippen LogP contribution in [0.4, 0.5) is 0 Å². The maximum Gasteiger partial charge on any atom is 0.348 e. The minimum atomic E-state index is -0.167. The Bertz CT molecular complexity index is 849. The molecule has 0 spiro atoms. The fourth-order valence-electron chi connectivity index (χ4n) is 3.56. The highest BCUT2D eigenvalue weighted by Crippen LogP contribution is 2.53. The Hall–Kier alpha value is -1.70. The molecule has 2 aromatic rings. The Kier molecular flexibility index (Phi) is 3.87. The molecule has 0 aromatic carbocycles. The molecule has 2 aliphatic heterocycles. The van der Waals surface area contributed by atoms with E-state index in [1.54, 1.807) is 22.1 Å². The van der Waals surface area contributed by atoms with Crippen molar-refractivity contribution in [2.75, 3.05) is 26.4 Å². The molecule has 0 N–H and O–H groups in total. The normalized spacial score (nSPS) is 22.3. The third-order valence-corrected chi connectivity index (χ3v) is 6.39. The predicted molar refractivity (Wildman–Crippen MR) is 93.5 cm³/mol. The summed E-state index contributed by atoms with van der Waals surface area (Å²) in [7, 11) is 0. The number of hydrogen-bond acceptors (Lipinski definition) is 6. The van der Waals surface area contributed by atoms with Crippen molar-refractivity contribution in [3.8, 4) is 16.3 Å². The first-order chi connectivity index (χ1) is 12.3. The molecule has 0 amide bonds. The molecule has 0 bridgehead atoms. The number of ether oxygens (including phenoxy) is 3. The molecular weight excluding hydrogens is 340 g/mol. The molecule has 132 valence electrons. The van der Waals surface area contributed by atoms with E-state index in [0.29, 0.717) is 38.9 Å². The summed E-state index contributed by atoms with van der Waals surface area (Å²) in [5, 5.41) is 0. The largest absolute Gasteiger partial charge is 0.489 e. The lowest BCUT2D eigenvalue weighted by Gasteiger charge is -2.24. The number of rotatable bonds is 4. The molecule has 3 aliphatic rings. The standard InChI is InChI=1S/C18H20N2O4S/c21-18-19-5-3-14-17-13(4-6-20(14)18)15(16(25-17)11-1-2-11)24-10-12-9-22-7-8-23-12/h3,5,11-12H,1-2,4,6-10H2.